The van der Waals surface area contributed by atoms with Gasteiger partial charge in [0.25, 0.3) is 0 Å². The first-order valence-corrected chi connectivity index (χ1v) is 9.43. The summed E-state index contributed by atoms with van der Waals surface area (Å²) < 4.78 is 7.18. The summed E-state index contributed by atoms with van der Waals surface area (Å²) in [6.45, 7) is 0. The Hall–Kier alpha value is 1.48. The standard InChI is InChI=1S/C10H8Cl7OP/c11-8(12)19(18,10(15,16)17)9(13,14)6-7-4-2-1-3-5-7/h1-5,8H,6H2/t19-/m0/s1. The first kappa shape index (κ1) is 18.5. The third kappa shape index (κ3) is 4.02. The van der Waals surface area contributed by atoms with Crippen LogP contribution in [0.1, 0.15) is 5.56 Å². The summed E-state index contributed by atoms with van der Waals surface area (Å²) in [6, 6.07) is 8.87. The highest BCUT2D eigenvalue weighted by atomic mass is 35.6. The van der Waals surface area contributed by atoms with Gasteiger partial charge in [-0.05, 0) is 5.56 Å². The molecule has 9 heteroatoms. The smallest absolute Gasteiger partial charge is 0.247 e. The van der Waals surface area contributed by atoms with E-state index >= 15 is 0 Å². The van der Waals surface area contributed by atoms with Crippen molar-refractivity contribution in [3.05, 3.63) is 35.9 Å². The Bertz CT molecular complexity index is 469. The van der Waals surface area contributed by atoms with Crippen LogP contribution in [0, 0.1) is 0 Å². The fourth-order valence-electron chi connectivity index (χ4n) is 1.40. The molecule has 19 heavy (non-hydrogen) atoms. The summed E-state index contributed by atoms with van der Waals surface area (Å²) in [5, 5.41) is 0. The summed E-state index contributed by atoms with van der Waals surface area (Å²) in [7, 11) is -3.99. The van der Waals surface area contributed by atoms with Crippen LogP contribution >= 0.6 is 88.3 Å². The molecule has 1 aromatic rings. The van der Waals surface area contributed by atoms with Gasteiger partial charge in [-0.1, -0.05) is 112 Å². The van der Waals surface area contributed by atoms with E-state index in [1.54, 1.807) is 24.3 Å². The molecular formula is C10H8Cl7OP. The lowest BCUT2D eigenvalue weighted by molar-refractivity contribution is 0.570. The number of alkyl halides is 7. The predicted octanol–water partition coefficient (Wildman–Crippen LogP) is 6.81. The lowest BCUT2D eigenvalue weighted by Crippen LogP contribution is -2.28. The molecule has 0 saturated carbocycles. The summed E-state index contributed by atoms with van der Waals surface area (Å²) in [6.07, 6.45) is -0.0158. The van der Waals surface area contributed by atoms with Crippen LogP contribution in [0.3, 0.4) is 0 Å². The van der Waals surface area contributed by atoms with Crippen molar-refractivity contribution in [3.63, 3.8) is 0 Å². The van der Waals surface area contributed by atoms with Crippen LogP contribution in [-0.2, 0) is 11.0 Å². The van der Waals surface area contributed by atoms with Crippen molar-refractivity contribution in [2.24, 2.45) is 0 Å². The fourth-order valence-corrected chi connectivity index (χ4v) is 10.7. The normalized spacial score (nSPS) is 16.4. The zero-order valence-corrected chi connectivity index (χ0v) is 15.4. The zero-order valence-electron chi connectivity index (χ0n) is 9.17. The summed E-state index contributed by atoms with van der Waals surface area (Å²) in [4.78, 5) is 0. The highest BCUT2D eigenvalue weighted by molar-refractivity contribution is 7.79. The topological polar surface area (TPSA) is 17.1 Å². The minimum Gasteiger partial charge on any atom is -0.313 e. The van der Waals surface area contributed by atoms with Gasteiger partial charge in [-0.15, -0.1) is 0 Å². The maximum Gasteiger partial charge on any atom is 0.247 e. The molecule has 1 rings (SSSR count). The van der Waals surface area contributed by atoms with Gasteiger partial charge in [0.05, 0.1) is 0 Å². The molecule has 0 heterocycles. The Morgan fingerprint density at radius 1 is 1.00 bits per heavy atom. The fraction of sp³-hybridized carbons (Fsp3) is 0.400. The first-order chi connectivity index (χ1) is 8.52. The van der Waals surface area contributed by atoms with Crippen molar-refractivity contribution >= 4 is 88.3 Å². The second-order valence-electron chi connectivity index (χ2n) is 3.73. The van der Waals surface area contributed by atoms with Gasteiger partial charge in [0, 0.05) is 6.42 Å². The van der Waals surface area contributed by atoms with Crippen molar-refractivity contribution in [1.82, 2.24) is 0 Å². The summed E-state index contributed by atoms with van der Waals surface area (Å²) in [5.74, 6) is 0. The van der Waals surface area contributed by atoms with Crippen LogP contribution in [0.25, 0.3) is 0 Å². The number of halogens is 7. The molecule has 0 saturated heterocycles. The van der Waals surface area contributed by atoms with Crippen LogP contribution in [-0.4, -0.2) is 12.2 Å². The van der Waals surface area contributed by atoms with E-state index in [1.165, 1.54) is 0 Å². The molecule has 1 nitrogen and oxygen atoms in total. The van der Waals surface area contributed by atoms with Gasteiger partial charge in [0.15, 0.2) is 8.65 Å². The number of hydrogen-bond donors (Lipinski definition) is 0. The second-order valence-corrected chi connectivity index (χ2v) is 13.8. The average Bonchev–Trinajstić information content (AvgIpc) is 2.26. The molecule has 0 spiro atoms. The van der Waals surface area contributed by atoms with E-state index in [9.17, 15) is 4.57 Å². The van der Waals surface area contributed by atoms with Crippen LogP contribution in [0.15, 0.2) is 30.3 Å². The highest BCUT2D eigenvalue weighted by Gasteiger charge is 2.61. The first-order valence-electron chi connectivity index (χ1n) is 4.89. The van der Waals surface area contributed by atoms with Gasteiger partial charge in [0.2, 0.25) is 10.7 Å². The Morgan fingerprint density at radius 3 is 1.84 bits per heavy atom. The van der Waals surface area contributed by atoms with Gasteiger partial charge in [0.1, 0.15) is 0 Å². The molecule has 0 amide bonds. The van der Waals surface area contributed by atoms with E-state index in [1.807, 2.05) is 6.07 Å². The van der Waals surface area contributed by atoms with Crippen LogP contribution in [0.5, 0.6) is 0 Å². The second kappa shape index (κ2) is 6.71. The predicted molar refractivity (Wildman–Crippen MR) is 88.0 cm³/mol. The molecule has 1 aromatic carbocycles. The van der Waals surface area contributed by atoms with Crippen LogP contribution in [0.4, 0.5) is 0 Å². The molecule has 1 atom stereocenters. The van der Waals surface area contributed by atoms with Crippen molar-refractivity contribution in [2.75, 3.05) is 0 Å². The van der Waals surface area contributed by atoms with Crippen molar-refractivity contribution in [1.29, 1.82) is 0 Å². The van der Waals surface area contributed by atoms with E-state index in [0.717, 1.165) is 5.56 Å². The van der Waals surface area contributed by atoms with E-state index < -0.39 is 19.3 Å². The molecule has 0 aliphatic heterocycles. The molecule has 0 aliphatic carbocycles. The molecular weight excluding hydrogens is 415 g/mol. The highest BCUT2D eigenvalue weighted by Crippen LogP contribution is 2.79. The molecule has 0 bridgehead atoms. The van der Waals surface area contributed by atoms with E-state index in [2.05, 4.69) is 0 Å². The van der Waals surface area contributed by atoms with Gasteiger partial charge in [-0.25, -0.2) is 0 Å². The van der Waals surface area contributed by atoms with E-state index in [-0.39, 0.29) is 6.42 Å². The molecule has 0 radical (unpaired) electrons. The third-order valence-corrected chi connectivity index (χ3v) is 10.5. The lowest BCUT2D eigenvalue weighted by atomic mass is 10.2. The maximum absolute atomic E-state index is 12.8. The monoisotopic (exact) mass is 420 g/mol. The molecule has 0 aliphatic rings. The Kier molecular flexibility index (Phi) is 6.55. The molecule has 108 valence electrons. The SMILES string of the molecule is O=[P@](C(Cl)Cl)(C(Cl)(Cl)Cl)C(Cl)(Cl)Cc1ccccc1. The Morgan fingerprint density at radius 2 is 1.47 bits per heavy atom. The number of benzene rings is 1. The minimum atomic E-state index is -3.99. The molecule has 0 fully saturated rings. The van der Waals surface area contributed by atoms with E-state index in [4.69, 9.17) is 81.2 Å². The Labute approximate surface area is 146 Å². The largest absolute Gasteiger partial charge is 0.313 e. The van der Waals surface area contributed by atoms with Crippen molar-refractivity contribution < 1.29 is 4.57 Å². The molecule has 0 unspecified atom stereocenters. The van der Waals surface area contributed by atoms with Gasteiger partial charge in [-0.3, -0.25) is 0 Å². The summed E-state index contributed by atoms with van der Waals surface area (Å²) >= 11 is 40.8. The van der Waals surface area contributed by atoms with E-state index in [0.29, 0.717) is 0 Å². The number of hydrogen-bond acceptors (Lipinski definition) is 1. The molecule has 0 aromatic heterocycles. The maximum atomic E-state index is 12.8. The van der Waals surface area contributed by atoms with Gasteiger partial charge >= 0.3 is 0 Å². The van der Waals surface area contributed by atoms with Crippen LogP contribution < -0.4 is 0 Å². The van der Waals surface area contributed by atoms with Crippen molar-refractivity contribution in [3.8, 4) is 0 Å². The average molecular weight is 423 g/mol. The van der Waals surface area contributed by atoms with Crippen molar-refractivity contribution in [2.45, 2.75) is 18.6 Å². The zero-order chi connectivity index (χ0) is 14.9. The third-order valence-electron chi connectivity index (χ3n) is 2.40. The van der Waals surface area contributed by atoms with Gasteiger partial charge in [-0.2, -0.15) is 0 Å². The summed E-state index contributed by atoms with van der Waals surface area (Å²) in [5.41, 5.74) is 0.718. The number of rotatable bonds is 4. The Balaban J connectivity index is 3.19. The lowest BCUT2D eigenvalue weighted by Gasteiger charge is -2.35. The molecule has 0 N–H and O–H groups in total. The quantitative estimate of drug-likeness (QED) is 0.384. The minimum absolute atomic E-state index is 0.0158. The van der Waals surface area contributed by atoms with Gasteiger partial charge < -0.3 is 4.57 Å². The van der Waals surface area contributed by atoms with Crippen LogP contribution in [0.2, 0.25) is 0 Å².